The summed E-state index contributed by atoms with van der Waals surface area (Å²) in [5.41, 5.74) is 0.393. The predicted molar refractivity (Wildman–Crippen MR) is 46.7 cm³/mol. The highest BCUT2D eigenvalue weighted by Crippen LogP contribution is 2.26. The van der Waals surface area contributed by atoms with Crippen molar-refractivity contribution in [1.29, 1.82) is 0 Å². The van der Waals surface area contributed by atoms with E-state index in [1.54, 1.807) is 0 Å². The minimum Gasteiger partial charge on any atom is -0.381 e. The van der Waals surface area contributed by atoms with Gasteiger partial charge in [-0.3, -0.25) is 0 Å². The first-order chi connectivity index (χ1) is 5.12. The van der Waals surface area contributed by atoms with Crippen LogP contribution in [0.15, 0.2) is 0 Å². The van der Waals surface area contributed by atoms with Crippen molar-refractivity contribution in [1.82, 2.24) is 5.32 Å². The quantitative estimate of drug-likeness (QED) is 0.669. The summed E-state index contributed by atoms with van der Waals surface area (Å²) in [5.74, 6) is 0. The molecular formula is C9H19NO. The van der Waals surface area contributed by atoms with Gasteiger partial charge in [0.25, 0.3) is 0 Å². The van der Waals surface area contributed by atoms with Gasteiger partial charge < -0.3 is 10.1 Å². The summed E-state index contributed by atoms with van der Waals surface area (Å²) in [5, 5.41) is 3.45. The highest BCUT2D eigenvalue weighted by Gasteiger charge is 2.29. The van der Waals surface area contributed by atoms with Crippen molar-refractivity contribution < 1.29 is 4.74 Å². The number of ether oxygens (including phenoxy) is 1. The largest absolute Gasteiger partial charge is 0.381 e. The second kappa shape index (κ2) is 3.55. The maximum atomic E-state index is 5.35. The first-order valence-electron chi connectivity index (χ1n) is 4.43. The average Bonchev–Trinajstić information content (AvgIpc) is 2.33. The first-order valence-corrected chi connectivity index (χ1v) is 4.43. The second-order valence-corrected chi connectivity index (χ2v) is 4.15. The normalized spacial score (nSPS) is 31.6. The zero-order chi connectivity index (χ0) is 8.32. The van der Waals surface area contributed by atoms with Gasteiger partial charge in [0.1, 0.15) is 0 Å². The molecule has 1 aliphatic rings. The maximum absolute atomic E-state index is 5.35. The third kappa shape index (κ3) is 2.80. The van der Waals surface area contributed by atoms with Crippen molar-refractivity contribution in [2.75, 3.05) is 19.8 Å². The molecule has 11 heavy (non-hydrogen) atoms. The van der Waals surface area contributed by atoms with Crippen molar-refractivity contribution in [3.05, 3.63) is 0 Å². The third-order valence-corrected chi connectivity index (χ3v) is 2.24. The van der Waals surface area contributed by atoms with Gasteiger partial charge >= 0.3 is 0 Å². The van der Waals surface area contributed by atoms with Gasteiger partial charge in [-0.25, -0.2) is 0 Å². The zero-order valence-electron chi connectivity index (χ0n) is 7.81. The van der Waals surface area contributed by atoms with Crippen LogP contribution in [0.3, 0.4) is 0 Å². The molecule has 1 atom stereocenters. The molecule has 1 heterocycles. The molecule has 0 aliphatic carbocycles. The number of nitrogens with one attached hydrogen (secondary N) is 1. The third-order valence-electron chi connectivity index (χ3n) is 2.24. The summed E-state index contributed by atoms with van der Waals surface area (Å²) in [7, 11) is 0. The highest BCUT2D eigenvalue weighted by atomic mass is 16.5. The molecule has 0 saturated carbocycles. The van der Waals surface area contributed by atoms with E-state index < -0.39 is 0 Å². The van der Waals surface area contributed by atoms with E-state index in [9.17, 15) is 0 Å². The lowest BCUT2D eigenvalue weighted by atomic mass is 9.90. The van der Waals surface area contributed by atoms with E-state index in [1.165, 1.54) is 6.42 Å². The van der Waals surface area contributed by atoms with Crippen LogP contribution in [0.2, 0.25) is 0 Å². The summed E-state index contributed by atoms with van der Waals surface area (Å²) in [4.78, 5) is 0. The molecule has 2 nitrogen and oxygen atoms in total. The molecule has 0 aromatic rings. The van der Waals surface area contributed by atoms with Crippen molar-refractivity contribution in [2.45, 2.75) is 33.2 Å². The molecule has 0 spiro atoms. The van der Waals surface area contributed by atoms with Crippen molar-refractivity contribution >= 4 is 0 Å². The number of hydrogen-bond donors (Lipinski definition) is 1. The van der Waals surface area contributed by atoms with Crippen LogP contribution in [0.4, 0.5) is 0 Å². The molecule has 1 N–H and O–H groups in total. The SMILES string of the molecule is CC(C)NCC1(C)CCOC1. The van der Waals surface area contributed by atoms with Crippen LogP contribution in [-0.2, 0) is 4.74 Å². The molecule has 0 radical (unpaired) electrons. The van der Waals surface area contributed by atoms with Gasteiger partial charge in [-0.2, -0.15) is 0 Å². The lowest BCUT2D eigenvalue weighted by molar-refractivity contribution is 0.157. The Morgan fingerprint density at radius 2 is 2.27 bits per heavy atom. The van der Waals surface area contributed by atoms with Crippen LogP contribution >= 0.6 is 0 Å². The Balaban J connectivity index is 2.23. The lowest BCUT2D eigenvalue weighted by Crippen LogP contribution is -2.35. The lowest BCUT2D eigenvalue weighted by Gasteiger charge is -2.23. The Morgan fingerprint density at radius 1 is 1.55 bits per heavy atom. The van der Waals surface area contributed by atoms with Gasteiger partial charge in [0.05, 0.1) is 6.61 Å². The Labute approximate surface area is 69.3 Å². The van der Waals surface area contributed by atoms with Gasteiger partial charge in [-0.05, 0) is 6.42 Å². The highest BCUT2D eigenvalue weighted by molar-refractivity contribution is 4.81. The molecule has 1 unspecified atom stereocenters. The summed E-state index contributed by atoms with van der Waals surface area (Å²) in [6, 6.07) is 0.590. The van der Waals surface area contributed by atoms with E-state index >= 15 is 0 Å². The van der Waals surface area contributed by atoms with E-state index in [0.29, 0.717) is 11.5 Å². The van der Waals surface area contributed by atoms with E-state index in [2.05, 4.69) is 26.1 Å². The van der Waals surface area contributed by atoms with Gasteiger partial charge in [-0.1, -0.05) is 20.8 Å². The van der Waals surface area contributed by atoms with E-state index in [4.69, 9.17) is 4.74 Å². The molecule has 0 bridgehead atoms. The zero-order valence-corrected chi connectivity index (χ0v) is 7.81. The molecular weight excluding hydrogens is 138 g/mol. The number of hydrogen-bond acceptors (Lipinski definition) is 2. The van der Waals surface area contributed by atoms with E-state index in [1.807, 2.05) is 0 Å². The fraction of sp³-hybridized carbons (Fsp3) is 1.00. The van der Waals surface area contributed by atoms with Crippen LogP contribution < -0.4 is 5.32 Å². The van der Waals surface area contributed by atoms with Crippen LogP contribution in [0.5, 0.6) is 0 Å². The topological polar surface area (TPSA) is 21.3 Å². The Hall–Kier alpha value is -0.0800. The fourth-order valence-corrected chi connectivity index (χ4v) is 1.30. The molecule has 2 heteroatoms. The van der Waals surface area contributed by atoms with Crippen LogP contribution in [0.1, 0.15) is 27.2 Å². The van der Waals surface area contributed by atoms with Gasteiger partial charge in [0, 0.05) is 24.6 Å². The molecule has 1 saturated heterocycles. The summed E-state index contributed by atoms with van der Waals surface area (Å²) >= 11 is 0. The van der Waals surface area contributed by atoms with Gasteiger partial charge in [0.2, 0.25) is 0 Å². The molecule has 1 fully saturated rings. The van der Waals surface area contributed by atoms with Crippen LogP contribution in [0.25, 0.3) is 0 Å². The molecule has 0 aromatic heterocycles. The van der Waals surface area contributed by atoms with Crippen molar-refractivity contribution in [2.24, 2.45) is 5.41 Å². The summed E-state index contributed by atoms with van der Waals surface area (Å²) in [6.45, 7) is 9.60. The smallest absolute Gasteiger partial charge is 0.0532 e. The van der Waals surface area contributed by atoms with Crippen molar-refractivity contribution in [3.63, 3.8) is 0 Å². The molecule has 66 valence electrons. The van der Waals surface area contributed by atoms with Crippen molar-refractivity contribution in [3.8, 4) is 0 Å². The second-order valence-electron chi connectivity index (χ2n) is 4.15. The maximum Gasteiger partial charge on any atom is 0.0532 e. The number of rotatable bonds is 3. The molecule has 0 amide bonds. The Kier molecular flexibility index (Phi) is 2.90. The standard InChI is InChI=1S/C9H19NO/c1-8(2)10-6-9(3)4-5-11-7-9/h8,10H,4-7H2,1-3H3. The fourth-order valence-electron chi connectivity index (χ4n) is 1.30. The van der Waals surface area contributed by atoms with Crippen LogP contribution in [-0.4, -0.2) is 25.8 Å². The van der Waals surface area contributed by atoms with Crippen LogP contribution in [0, 0.1) is 5.41 Å². The Morgan fingerprint density at radius 3 is 2.73 bits per heavy atom. The monoisotopic (exact) mass is 157 g/mol. The first kappa shape index (κ1) is 9.01. The molecule has 1 rings (SSSR count). The summed E-state index contributed by atoms with van der Waals surface area (Å²) < 4.78 is 5.35. The van der Waals surface area contributed by atoms with Gasteiger partial charge in [0.15, 0.2) is 0 Å². The van der Waals surface area contributed by atoms with E-state index in [0.717, 1.165) is 19.8 Å². The molecule has 0 aromatic carbocycles. The van der Waals surface area contributed by atoms with E-state index in [-0.39, 0.29) is 0 Å². The average molecular weight is 157 g/mol. The molecule has 1 aliphatic heterocycles. The minimum absolute atomic E-state index is 0.393. The predicted octanol–water partition coefficient (Wildman–Crippen LogP) is 1.41. The summed E-state index contributed by atoms with van der Waals surface area (Å²) in [6.07, 6.45) is 1.20. The minimum atomic E-state index is 0.393. The Bertz CT molecular complexity index is 117. The van der Waals surface area contributed by atoms with Gasteiger partial charge in [-0.15, -0.1) is 0 Å².